The molecule has 0 spiro atoms. The standard InChI is InChI=1S/C23H32N4O2S/c1-29-20-10-8-19(9-11-20)16-21-22(28)27(18-26-14-6-3-7-15-26)23(30-21)24-17-25-12-4-2-5-13-25/h8-11,16H,2-7,12-15,17-18H2,1H3. The van der Waals surface area contributed by atoms with Gasteiger partial charge in [0.05, 0.1) is 25.4 Å². The summed E-state index contributed by atoms with van der Waals surface area (Å²) in [6, 6.07) is 7.82. The first-order valence-corrected chi connectivity index (χ1v) is 11.9. The fourth-order valence-electron chi connectivity index (χ4n) is 4.16. The number of ether oxygens (including phenoxy) is 1. The number of likely N-dealkylation sites (tertiary alicyclic amines) is 2. The first kappa shape index (κ1) is 21.4. The average molecular weight is 429 g/mol. The summed E-state index contributed by atoms with van der Waals surface area (Å²) in [6.45, 7) is 5.66. The van der Waals surface area contributed by atoms with Crippen molar-refractivity contribution in [3.8, 4) is 5.75 Å². The maximum absolute atomic E-state index is 13.3. The Morgan fingerprint density at radius 2 is 1.60 bits per heavy atom. The summed E-state index contributed by atoms with van der Waals surface area (Å²) in [7, 11) is 1.66. The first-order chi connectivity index (χ1) is 14.7. The Morgan fingerprint density at radius 3 is 2.23 bits per heavy atom. The summed E-state index contributed by atoms with van der Waals surface area (Å²) >= 11 is 1.51. The van der Waals surface area contributed by atoms with Crippen molar-refractivity contribution in [3.63, 3.8) is 0 Å². The number of amides is 1. The van der Waals surface area contributed by atoms with Crippen LogP contribution >= 0.6 is 11.8 Å². The number of thioether (sulfide) groups is 1. The highest BCUT2D eigenvalue weighted by atomic mass is 32.2. The lowest BCUT2D eigenvalue weighted by atomic mass is 10.1. The molecule has 162 valence electrons. The van der Waals surface area contributed by atoms with Gasteiger partial charge in [-0.05, 0) is 87.4 Å². The number of nitrogens with zero attached hydrogens (tertiary/aromatic N) is 4. The lowest BCUT2D eigenvalue weighted by Gasteiger charge is -2.30. The van der Waals surface area contributed by atoms with Crippen molar-refractivity contribution in [2.24, 2.45) is 4.99 Å². The van der Waals surface area contributed by atoms with Gasteiger partial charge < -0.3 is 4.74 Å². The number of hydrogen-bond donors (Lipinski definition) is 0. The zero-order chi connectivity index (χ0) is 20.8. The predicted octanol–water partition coefficient (Wildman–Crippen LogP) is 3.85. The van der Waals surface area contributed by atoms with Gasteiger partial charge in [0.1, 0.15) is 5.75 Å². The minimum atomic E-state index is 0.0683. The van der Waals surface area contributed by atoms with Crippen molar-refractivity contribution in [1.29, 1.82) is 0 Å². The molecule has 0 saturated carbocycles. The number of benzene rings is 1. The van der Waals surface area contributed by atoms with Gasteiger partial charge in [-0.1, -0.05) is 25.0 Å². The summed E-state index contributed by atoms with van der Waals surface area (Å²) in [5.74, 6) is 0.886. The number of carbonyl (C=O) groups excluding carboxylic acids is 1. The van der Waals surface area contributed by atoms with E-state index in [0.29, 0.717) is 13.3 Å². The molecule has 0 unspecified atom stereocenters. The second kappa shape index (κ2) is 10.5. The van der Waals surface area contributed by atoms with Crippen LogP contribution in [0.5, 0.6) is 5.75 Å². The SMILES string of the molecule is COc1ccc(C=C2SC(=NCN3CCCCC3)N(CN3CCCCC3)C2=O)cc1. The van der Waals surface area contributed by atoms with Crippen molar-refractivity contribution in [3.05, 3.63) is 34.7 Å². The van der Waals surface area contributed by atoms with Crippen molar-refractivity contribution in [2.75, 3.05) is 46.6 Å². The van der Waals surface area contributed by atoms with Crippen LogP contribution < -0.4 is 4.74 Å². The molecule has 0 atom stereocenters. The first-order valence-electron chi connectivity index (χ1n) is 11.1. The van der Waals surface area contributed by atoms with Gasteiger partial charge in [0, 0.05) is 0 Å². The van der Waals surface area contributed by atoms with Crippen LogP contribution in [0, 0.1) is 0 Å². The van der Waals surface area contributed by atoms with Crippen LogP contribution in [0.1, 0.15) is 44.1 Å². The van der Waals surface area contributed by atoms with Gasteiger partial charge in [-0.2, -0.15) is 0 Å². The quantitative estimate of drug-likeness (QED) is 0.644. The van der Waals surface area contributed by atoms with Crippen molar-refractivity contribution >= 4 is 28.9 Å². The van der Waals surface area contributed by atoms with E-state index in [9.17, 15) is 4.79 Å². The van der Waals surface area contributed by atoms with E-state index < -0.39 is 0 Å². The lowest BCUT2D eigenvalue weighted by Crippen LogP contribution is -2.43. The second-order valence-electron chi connectivity index (χ2n) is 8.20. The molecule has 7 heteroatoms. The molecular weight excluding hydrogens is 396 g/mol. The molecule has 1 amide bonds. The summed E-state index contributed by atoms with van der Waals surface area (Å²) in [4.78, 5) is 25.6. The predicted molar refractivity (Wildman–Crippen MR) is 123 cm³/mol. The second-order valence-corrected chi connectivity index (χ2v) is 9.21. The third-order valence-corrected chi connectivity index (χ3v) is 6.99. The van der Waals surface area contributed by atoms with Gasteiger partial charge in [0.2, 0.25) is 0 Å². The normalized spacial score (nSPS) is 24.2. The zero-order valence-corrected chi connectivity index (χ0v) is 18.7. The van der Waals surface area contributed by atoms with E-state index in [4.69, 9.17) is 9.73 Å². The number of rotatable bonds is 6. The number of piperidine rings is 2. The highest BCUT2D eigenvalue weighted by Crippen LogP contribution is 2.33. The molecule has 3 fully saturated rings. The van der Waals surface area contributed by atoms with Gasteiger partial charge in [-0.15, -0.1) is 0 Å². The van der Waals surface area contributed by atoms with E-state index in [2.05, 4.69) is 9.80 Å². The van der Waals surface area contributed by atoms with Gasteiger partial charge in [-0.25, -0.2) is 4.99 Å². The fraction of sp³-hybridized carbons (Fsp3) is 0.565. The number of carbonyl (C=O) groups is 1. The van der Waals surface area contributed by atoms with Crippen LogP contribution in [0.15, 0.2) is 34.2 Å². The largest absolute Gasteiger partial charge is 0.497 e. The van der Waals surface area contributed by atoms with E-state index in [1.807, 2.05) is 35.2 Å². The monoisotopic (exact) mass is 428 g/mol. The van der Waals surface area contributed by atoms with Crippen LogP contribution in [0.3, 0.4) is 0 Å². The van der Waals surface area contributed by atoms with E-state index in [1.54, 1.807) is 7.11 Å². The molecule has 0 N–H and O–H groups in total. The van der Waals surface area contributed by atoms with Crippen LogP contribution in [0.4, 0.5) is 0 Å². The zero-order valence-electron chi connectivity index (χ0n) is 17.9. The van der Waals surface area contributed by atoms with Crippen molar-refractivity contribution in [1.82, 2.24) is 14.7 Å². The summed E-state index contributed by atoms with van der Waals surface area (Å²) in [5, 5.41) is 0.843. The Labute approximate surface area is 184 Å². The van der Waals surface area contributed by atoms with E-state index in [1.165, 1.54) is 50.3 Å². The average Bonchev–Trinajstić information content (AvgIpc) is 3.08. The molecule has 6 nitrogen and oxygen atoms in total. The topological polar surface area (TPSA) is 48.4 Å². The molecule has 0 aliphatic carbocycles. The Kier molecular flexibility index (Phi) is 7.47. The molecule has 30 heavy (non-hydrogen) atoms. The van der Waals surface area contributed by atoms with Gasteiger partial charge >= 0.3 is 0 Å². The highest BCUT2D eigenvalue weighted by Gasteiger charge is 2.34. The number of amidine groups is 1. The van der Waals surface area contributed by atoms with E-state index >= 15 is 0 Å². The maximum atomic E-state index is 13.3. The molecular formula is C23H32N4O2S. The lowest BCUT2D eigenvalue weighted by molar-refractivity contribution is -0.123. The summed E-state index contributed by atoms with van der Waals surface area (Å²) in [5.41, 5.74) is 1.00. The molecule has 3 aliphatic heterocycles. The van der Waals surface area contributed by atoms with E-state index in [-0.39, 0.29) is 5.91 Å². The van der Waals surface area contributed by atoms with Crippen LogP contribution in [-0.2, 0) is 4.79 Å². The molecule has 1 aromatic rings. The van der Waals surface area contributed by atoms with Gasteiger partial charge in [0.25, 0.3) is 5.91 Å². The molecule has 1 aromatic carbocycles. The molecule has 3 saturated heterocycles. The number of aliphatic imine (C=N–C) groups is 1. The third kappa shape index (κ3) is 5.45. The minimum absolute atomic E-state index is 0.0683. The Bertz CT molecular complexity index is 781. The fourth-order valence-corrected chi connectivity index (χ4v) is 5.13. The number of methoxy groups -OCH3 is 1. The van der Waals surface area contributed by atoms with Crippen LogP contribution in [0.25, 0.3) is 6.08 Å². The smallest absolute Gasteiger partial charge is 0.267 e. The van der Waals surface area contributed by atoms with Crippen LogP contribution in [0.2, 0.25) is 0 Å². The van der Waals surface area contributed by atoms with Crippen LogP contribution in [-0.4, -0.2) is 72.4 Å². The Hall–Kier alpha value is -1.83. The molecule has 3 heterocycles. The Balaban J connectivity index is 1.51. The van der Waals surface area contributed by atoms with Crippen molar-refractivity contribution in [2.45, 2.75) is 38.5 Å². The molecule has 0 aromatic heterocycles. The molecule has 0 bridgehead atoms. The van der Waals surface area contributed by atoms with Gasteiger partial charge in [0.15, 0.2) is 5.17 Å². The highest BCUT2D eigenvalue weighted by molar-refractivity contribution is 8.18. The minimum Gasteiger partial charge on any atom is -0.497 e. The van der Waals surface area contributed by atoms with Gasteiger partial charge in [-0.3, -0.25) is 19.5 Å². The third-order valence-electron chi connectivity index (χ3n) is 5.95. The van der Waals surface area contributed by atoms with E-state index in [0.717, 1.165) is 47.6 Å². The summed E-state index contributed by atoms with van der Waals surface area (Å²) < 4.78 is 5.24. The number of hydrogen-bond acceptors (Lipinski definition) is 6. The van der Waals surface area contributed by atoms with Crippen molar-refractivity contribution < 1.29 is 9.53 Å². The maximum Gasteiger partial charge on any atom is 0.267 e. The summed E-state index contributed by atoms with van der Waals surface area (Å²) in [6.07, 6.45) is 9.49. The molecule has 3 aliphatic rings. The molecule has 0 radical (unpaired) electrons. The molecule has 4 rings (SSSR count). The Morgan fingerprint density at radius 1 is 0.967 bits per heavy atom.